The SMILES string of the molecule is CN(CCNC(=O)c1ccc(CCC[C@H](O)c2ccc(O)c3[nH]c(=O)ccc23)cc1)C(=O)COc1cccc([C@](O)(C(=O)OCC2CCN(Cc3ccccc3)CC2)c2ccccc2)c1. The van der Waals surface area contributed by atoms with Gasteiger partial charge < -0.3 is 40.0 Å². The number of aromatic hydroxyl groups is 1. The molecule has 6 aromatic rings. The number of carbonyl (C=O) groups excluding carboxylic acids is 3. The van der Waals surface area contributed by atoms with Gasteiger partial charge in [0.05, 0.1) is 18.2 Å². The van der Waals surface area contributed by atoms with Crippen LogP contribution in [0.25, 0.3) is 10.9 Å². The zero-order valence-corrected chi connectivity index (χ0v) is 36.5. The lowest BCUT2D eigenvalue weighted by Gasteiger charge is -2.33. The molecule has 65 heavy (non-hydrogen) atoms. The number of phenolic OH excluding ortho intramolecular Hbond substituents is 1. The van der Waals surface area contributed by atoms with Gasteiger partial charge in [-0.3, -0.25) is 19.3 Å². The van der Waals surface area contributed by atoms with Crippen molar-refractivity contribution in [3.63, 3.8) is 0 Å². The smallest absolute Gasteiger partial charge is 0.347 e. The van der Waals surface area contributed by atoms with E-state index in [1.165, 1.54) is 22.6 Å². The monoisotopic (exact) mass is 880 g/mol. The van der Waals surface area contributed by atoms with E-state index in [2.05, 4.69) is 27.3 Å². The number of H-pyrrole nitrogens is 1. The number of nitrogens with zero attached hydrogens (tertiary/aromatic N) is 2. The molecule has 2 atom stereocenters. The number of aryl methyl sites for hydroxylation is 1. The normalized spacial score (nSPS) is 14.6. The van der Waals surface area contributed by atoms with Crippen LogP contribution >= 0.6 is 0 Å². The molecule has 13 heteroatoms. The van der Waals surface area contributed by atoms with Crippen molar-refractivity contribution < 1.29 is 39.2 Å². The highest BCUT2D eigenvalue weighted by atomic mass is 16.5. The van der Waals surface area contributed by atoms with Crippen molar-refractivity contribution in [1.29, 1.82) is 0 Å². The van der Waals surface area contributed by atoms with Gasteiger partial charge in [-0.1, -0.05) is 91.0 Å². The molecule has 13 nitrogen and oxygen atoms in total. The largest absolute Gasteiger partial charge is 0.506 e. The number of esters is 1. The van der Waals surface area contributed by atoms with Crippen LogP contribution < -0.4 is 15.6 Å². The number of likely N-dealkylation sites (N-methyl/N-ethyl adjacent to an activating group) is 1. The van der Waals surface area contributed by atoms with E-state index in [1.807, 2.05) is 30.3 Å². The van der Waals surface area contributed by atoms with Crippen LogP contribution in [0.1, 0.15) is 70.0 Å². The molecule has 0 saturated carbocycles. The third kappa shape index (κ3) is 11.9. The van der Waals surface area contributed by atoms with Gasteiger partial charge in [0.15, 0.2) is 6.61 Å². The highest BCUT2D eigenvalue weighted by molar-refractivity contribution is 5.94. The van der Waals surface area contributed by atoms with Crippen molar-refractivity contribution in [3.05, 3.63) is 177 Å². The average Bonchev–Trinajstić information content (AvgIpc) is 3.33. The fraction of sp³-hybridized carbons (Fsp3) is 0.308. The van der Waals surface area contributed by atoms with Gasteiger partial charge in [-0.25, -0.2) is 4.79 Å². The van der Waals surface area contributed by atoms with Gasteiger partial charge in [0.2, 0.25) is 11.2 Å². The fourth-order valence-corrected chi connectivity index (χ4v) is 8.19. The van der Waals surface area contributed by atoms with Gasteiger partial charge >= 0.3 is 5.97 Å². The molecule has 0 spiro atoms. The molecule has 0 radical (unpaired) electrons. The zero-order valence-electron chi connectivity index (χ0n) is 36.5. The molecule has 7 rings (SSSR count). The maximum absolute atomic E-state index is 13.8. The number of likely N-dealkylation sites (tertiary alicyclic amines) is 1. The Morgan fingerprint density at radius 3 is 2.31 bits per heavy atom. The van der Waals surface area contributed by atoms with E-state index in [0.717, 1.165) is 38.0 Å². The maximum Gasteiger partial charge on any atom is 0.347 e. The van der Waals surface area contributed by atoms with Crippen molar-refractivity contribution >= 4 is 28.7 Å². The lowest BCUT2D eigenvalue weighted by Crippen LogP contribution is -2.40. The molecule has 1 aliphatic rings. The Morgan fingerprint density at radius 1 is 0.862 bits per heavy atom. The third-order valence-electron chi connectivity index (χ3n) is 12.1. The number of piperidine rings is 1. The van der Waals surface area contributed by atoms with Crippen molar-refractivity contribution in [1.82, 2.24) is 20.1 Å². The van der Waals surface area contributed by atoms with Crippen molar-refractivity contribution in [3.8, 4) is 11.5 Å². The molecule has 338 valence electrons. The summed E-state index contributed by atoms with van der Waals surface area (Å²) in [5.74, 6) is -1.000. The highest BCUT2D eigenvalue weighted by Crippen LogP contribution is 2.34. The van der Waals surface area contributed by atoms with E-state index in [9.17, 15) is 34.5 Å². The Kier molecular flexibility index (Phi) is 15.4. The van der Waals surface area contributed by atoms with Crippen LogP contribution in [0.5, 0.6) is 11.5 Å². The number of aliphatic hydroxyl groups excluding tert-OH is 1. The molecule has 5 aromatic carbocycles. The molecule has 2 amide bonds. The lowest BCUT2D eigenvalue weighted by atomic mass is 9.86. The van der Waals surface area contributed by atoms with E-state index in [4.69, 9.17) is 9.47 Å². The predicted octanol–water partition coefficient (Wildman–Crippen LogP) is 6.25. The molecule has 0 bridgehead atoms. The van der Waals surface area contributed by atoms with Gasteiger partial charge in [0, 0.05) is 49.3 Å². The number of nitrogens with one attached hydrogen (secondary N) is 2. The minimum atomic E-state index is -2.12. The first-order chi connectivity index (χ1) is 31.5. The maximum atomic E-state index is 13.8. The molecule has 2 heterocycles. The number of fused-ring (bicyclic) bond motifs is 1. The minimum absolute atomic E-state index is 0.0587. The van der Waals surface area contributed by atoms with E-state index in [0.29, 0.717) is 46.9 Å². The van der Waals surface area contributed by atoms with Crippen molar-refractivity contribution in [2.24, 2.45) is 5.92 Å². The summed E-state index contributed by atoms with van der Waals surface area (Å²) in [5.41, 5.74) is 1.79. The summed E-state index contributed by atoms with van der Waals surface area (Å²) in [4.78, 5) is 58.0. The summed E-state index contributed by atoms with van der Waals surface area (Å²) in [6.07, 6.45) is 2.74. The lowest BCUT2D eigenvalue weighted by molar-refractivity contribution is -0.164. The number of ether oxygens (including phenoxy) is 2. The number of aliphatic hydroxyl groups is 2. The first kappa shape index (κ1) is 46.2. The Hall–Kier alpha value is -6.80. The molecule has 1 aliphatic heterocycles. The van der Waals surface area contributed by atoms with E-state index in [-0.39, 0.29) is 66.7 Å². The number of amides is 2. The number of rotatable bonds is 19. The number of aromatic amines is 1. The Balaban J connectivity index is 0.850. The number of hydrogen-bond donors (Lipinski definition) is 5. The molecule has 1 saturated heterocycles. The van der Waals surface area contributed by atoms with Crippen LogP contribution in [-0.4, -0.2) is 94.3 Å². The second kappa shape index (κ2) is 21.7. The summed E-state index contributed by atoms with van der Waals surface area (Å²) < 4.78 is 11.7. The third-order valence-corrected chi connectivity index (χ3v) is 12.1. The van der Waals surface area contributed by atoms with Crippen LogP contribution in [0.2, 0.25) is 0 Å². The number of aromatic nitrogens is 1. The Morgan fingerprint density at radius 2 is 1.57 bits per heavy atom. The summed E-state index contributed by atoms with van der Waals surface area (Å²) >= 11 is 0. The summed E-state index contributed by atoms with van der Waals surface area (Å²) in [7, 11) is 1.61. The minimum Gasteiger partial charge on any atom is -0.506 e. The van der Waals surface area contributed by atoms with E-state index >= 15 is 0 Å². The number of carbonyl (C=O) groups is 3. The number of phenols is 1. The van der Waals surface area contributed by atoms with Gasteiger partial charge in [-0.05, 0) is 110 Å². The molecular formula is C52H56N4O9. The van der Waals surface area contributed by atoms with E-state index < -0.39 is 17.7 Å². The number of hydrogen-bond acceptors (Lipinski definition) is 10. The van der Waals surface area contributed by atoms with Gasteiger partial charge in [-0.15, -0.1) is 0 Å². The fourth-order valence-electron chi connectivity index (χ4n) is 8.19. The summed E-state index contributed by atoms with van der Waals surface area (Å²) in [6, 6.07) is 38.7. The molecular weight excluding hydrogens is 825 g/mol. The van der Waals surface area contributed by atoms with Gasteiger partial charge in [-0.2, -0.15) is 0 Å². The number of pyridine rings is 1. The standard InChI is InChI=1S/C52H56N4O9/c1-55(31-28-53-50(61)39-20-18-36(19-21-39)12-8-17-45(57)43-22-24-46(58)49-44(43)23-25-47(59)54-49)48(60)35-64-42-16-9-15-41(32-42)52(63,40-13-6-3-7-14-40)51(62)65-34-38-26-29-56(30-27-38)33-37-10-4-2-5-11-37/h2-7,9-11,13-16,18-25,32,38,45,57-58,63H,8,12,17,26-31,33-35H2,1H3,(H,53,61)(H,54,59)/t45-,52-/m0/s1. The first-order valence-corrected chi connectivity index (χ1v) is 22.1. The molecule has 5 N–H and O–H groups in total. The van der Waals surface area contributed by atoms with Gasteiger partial charge in [0.25, 0.3) is 11.8 Å². The van der Waals surface area contributed by atoms with Crippen LogP contribution in [0.3, 0.4) is 0 Å². The summed E-state index contributed by atoms with van der Waals surface area (Å²) in [5, 5.41) is 36.6. The topological polar surface area (TPSA) is 182 Å². The zero-order chi connectivity index (χ0) is 45.8. The highest BCUT2D eigenvalue weighted by Gasteiger charge is 2.42. The predicted molar refractivity (Wildman–Crippen MR) is 247 cm³/mol. The van der Waals surface area contributed by atoms with Gasteiger partial charge in [0.1, 0.15) is 11.5 Å². The second-order valence-electron chi connectivity index (χ2n) is 16.7. The van der Waals surface area contributed by atoms with Crippen molar-refractivity contribution in [2.45, 2.75) is 50.4 Å². The van der Waals surface area contributed by atoms with E-state index in [1.54, 1.807) is 85.9 Å². The molecule has 0 aliphatic carbocycles. The number of benzene rings is 5. The quantitative estimate of drug-likeness (QED) is 0.0584. The molecule has 1 fully saturated rings. The van der Waals surface area contributed by atoms with Crippen molar-refractivity contribution in [2.75, 3.05) is 46.4 Å². The van der Waals surface area contributed by atoms with Crippen LogP contribution in [0.15, 0.2) is 138 Å². The molecule has 0 unspecified atom stereocenters. The van der Waals surface area contributed by atoms with Crippen LogP contribution in [0, 0.1) is 5.92 Å². The van der Waals surface area contributed by atoms with Crippen LogP contribution in [0.4, 0.5) is 0 Å². The second-order valence-corrected chi connectivity index (χ2v) is 16.7. The molecule has 1 aromatic heterocycles. The first-order valence-electron chi connectivity index (χ1n) is 22.1. The Labute approximate surface area is 378 Å². The summed E-state index contributed by atoms with van der Waals surface area (Å²) in [6.45, 7) is 2.98. The Bertz CT molecular complexity index is 2600. The average molecular weight is 881 g/mol. The van der Waals surface area contributed by atoms with Crippen LogP contribution in [-0.2, 0) is 32.9 Å².